The van der Waals surface area contributed by atoms with Gasteiger partial charge in [-0.1, -0.05) is 12.2 Å². The van der Waals surface area contributed by atoms with E-state index in [0.29, 0.717) is 6.54 Å². The maximum atomic E-state index is 11.8. The second kappa shape index (κ2) is 5.12. The lowest BCUT2D eigenvalue weighted by atomic mass is 10.1. The normalized spacial score (nSPS) is 23.6. The van der Waals surface area contributed by atoms with Gasteiger partial charge in [0.2, 0.25) is 5.91 Å². The number of carbonyl (C=O) groups excluding carboxylic acids is 1. The number of hydrogen-bond acceptors (Lipinski definition) is 3. The maximum absolute atomic E-state index is 11.8. The molecule has 2 rings (SSSR count). The van der Waals surface area contributed by atoms with Gasteiger partial charge in [0.1, 0.15) is 0 Å². The van der Waals surface area contributed by atoms with E-state index >= 15 is 0 Å². The molecule has 0 radical (unpaired) electrons. The fourth-order valence-electron chi connectivity index (χ4n) is 1.67. The largest absolute Gasteiger partial charge is 0.351 e. The van der Waals surface area contributed by atoms with Gasteiger partial charge in [0, 0.05) is 15.4 Å². The molecule has 0 aliphatic heterocycles. The highest BCUT2D eigenvalue weighted by atomic mass is 79.9. The highest BCUT2D eigenvalue weighted by Crippen LogP contribution is 2.23. The van der Waals surface area contributed by atoms with Gasteiger partial charge in [-0.05, 0) is 33.8 Å². The smallest absolute Gasteiger partial charge is 0.227 e. The summed E-state index contributed by atoms with van der Waals surface area (Å²) in [6.07, 6.45) is 4.51. The molecule has 0 fully saturated rings. The molecule has 1 aromatic heterocycles. The van der Waals surface area contributed by atoms with Crippen LogP contribution in [0.1, 0.15) is 11.3 Å². The topological polar surface area (TPSA) is 55.1 Å². The lowest BCUT2D eigenvalue weighted by Gasteiger charge is -2.09. The van der Waals surface area contributed by atoms with Crippen LogP contribution in [-0.4, -0.2) is 11.9 Å². The maximum Gasteiger partial charge on any atom is 0.227 e. The Labute approximate surface area is 107 Å². The van der Waals surface area contributed by atoms with Gasteiger partial charge in [0.15, 0.2) is 0 Å². The first kappa shape index (κ1) is 11.8. The van der Waals surface area contributed by atoms with Gasteiger partial charge in [0.05, 0.1) is 12.5 Å². The summed E-state index contributed by atoms with van der Waals surface area (Å²) in [5.41, 5.74) is 5.71. The van der Waals surface area contributed by atoms with Crippen LogP contribution < -0.4 is 11.1 Å². The van der Waals surface area contributed by atoms with Gasteiger partial charge in [-0.25, -0.2) is 0 Å². The van der Waals surface area contributed by atoms with Gasteiger partial charge >= 0.3 is 0 Å². The predicted octanol–water partition coefficient (Wildman–Crippen LogP) is 2.03. The molecule has 3 N–H and O–H groups in total. The molecule has 2 unspecified atom stereocenters. The summed E-state index contributed by atoms with van der Waals surface area (Å²) >= 11 is 5.06. The molecule has 5 heteroatoms. The first-order valence-corrected chi connectivity index (χ1v) is 6.77. The quantitative estimate of drug-likeness (QED) is 0.839. The van der Waals surface area contributed by atoms with Crippen LogP contribution in [-0.2, 0) is 11.3 Å². The fourth-order valence-corrected chi connectivity index (χ4v) is 3.10. The summed E-state index contributed by atoms with van der Waals surface area (Å²) in [6.45, 7) is 0.580. The Hall–Kier alpha value is -0.650. The minimum Gasteiger partial charge on any atom is -0.351 e. The SMILES string of the molecule is NC1C=CC(C(=O)NCc2sccc2Br)C1. The number of nitrogens with one attached hydrogen (secondary N) is 1. The molecule has 0 aromatic carbocycles. The Morgan fingerprint density at radius 1 is 1.62 bits per heavy atom. The van der Waals surface area contributed by atoms with E-state index in [-0.39, 0.29) is 17.9 Å². The summed E-state index contributed by atoms with van der Waals surface area (Å²) in [6, 6.07) is 2.02. The van der Waals surface area contributed by atoms with E-state index in [1.54, 1.807) is 11.3 Å². The molecule has 0 spiro atoms. The van der Waals surface area contributed by atoms with Crippen molar-refractivity contribution in [1.29, 1.82) is 0 Å². The number of rotatable bonds is 3. The van der Waals surface area contributed by atoms with E-state index in [2.05, 4.69) is 21.2 Å². The van der Waals surface area contributed by atoms with Crippen molar-refractivity contribution >= 4 is 33.2 Å². The van der Waals surface area contributed by atoms with Crippen LogP contribution in [0.25, 0.3) is 0 Å². The van der Waals surface area contributed by atoms with E-state index in [0.717, 1.165) is 15.8 Å². The van der Waals surface area contributed by atoms with Crippen molar-refractivity contribution in [3.8, 4) is 0 Å². The van der Waals surface area contributed by atoms with Crippen LogP contribution in [0.5, 0.6) is 0 Å². The Morgan fingerprint density at radius 2 is 2.44 bits per heavy atom. The van der Waals surface area contributed by atoms with Crippen LogP contribution in [0.3, 0.4) is 0 Å². The first-order chi connectivity index (χ1) is 7.66. The van der Waals surface area contributed by atoms with Gasteiger partial charge in [-0.3, -0.25) is 4.79 Å². The standard InChI is InChI=1S/C11H13BrN2OS/c12-9-3-4-16-10(9)6-14-11(15)7-1-2-8(13)5-7/h1-4,7-8H,5-6,13H2,(H,14,15). The number of hydrogen-bond donors (Lipinski definition) is 2. The molecule has 1 heterocycles. The number of thiophene rings is 1. The second-order valence-corrected chi connectivity index (χ2v) is 5.66. The van der Waals surface area contributed by atoms with Crippen molar-refractivity contribution in [2.75, 3.05) is 0 Å². The van der Waals surface area contributed by atoms with E-state index in [4.69, 9.17) is 5.73 Å². The van der Waals surface area contributed by atoms with Gasteiger partial charge in [0.25, 0.3) is 0 Å². The van der Waals surface area contributed by atoms with Gasteiger partial charge in [-0.2, -0.15) is 0 Å². The average molecular weight is 301 g/mol. The number of halogens is 1. The zero-order chi connectivity index (χ0) is 11.5. The molecule has 0 saturated heterocycles. The zero-order valence-electron chi connectivity index (χ0n) is 8.65. The van der Waals surface area contributed by atoms with Crippen molar-refractivity contribution in [2.45, 2.75) is 19.0 Å². The Bertz CT molecular complexity index is 416. The van der Waals surface area contributed by atoms with Crippen molar-refractivity contribution in [3.63, 3.8) is 0 Å². The molecule has 1 aliphatic rings. The van der Waals surface area contributed by atoms with Gasteiger partial charge < -0.3 is 11.1 Å². The minimum atomic E-state index is -0.0614. The molecule has 16 heavy (non-hydrogen) atoms. The zero-order valence-corrected chi connectivity index (χ0v) is 11.1. The highest BCUT2D eigenvalue weighted by molar-refractivity contribution is 9.10. The van der Waals surface area contributed by atoms with E-state index in [1.165, 1.54) is 0 Å². The monoisotopic (exact) mass is 300 g/mol. The molecule has 0 bridgehead atoms. The lowest BCUT2D eigenvalue weighted by molar-refractivity contribution is -0.123. The average Bonchev–Trinajstić information content (AvgIpc) is 2.84. The van der Waals surface area contributed by atoms with E-state index in [9.17, 15) is 4.79 Å². The van der Waals surface area contributed by atoms with Crippen molar-refractivity contribution < 1.29 is 4.79 Å². The lowest BCUT2D eigenvalue weighted by Crippen LogP contribution is -2.30. The van der Waals surface area contributed by atoms with E-state index in [1.807, 2.05) is 23.6 Å². The summed E-state index contributed by atoms with van der Waals surface area (Å²) < 4.78 is 1.05. The second-order valence-electron chi connectivity index (χ2n) is 3.80. The minimum absolute atomic E-state index is 0.0317. The predicted molar refractivity (Wildman–Crippen MR) is 69.1 cm³/mol. The highest BCUT2D eigenvalue weighted by Gasteiger charge is 2.22. The van der Waals surface area contributed by atoms with E-state index < -0.39 is 0 Å². The number of amides is 1. The van der Waals surface area contributed by atoms with Crippen LogP contribution in [0, 0.1) is 5.92 Å². The van der Waals surface area contributed by atoms with Crippen molar-refractivity contribution in [1.82, 2.24) is 5.32 Å². The molecule has 0 saturated carbocycles. The Kier molecular flexibility index (Phi) is 3.78. The molecular weight excluding hydrogens is 288 g/mol. The fraction of sp³-hybridized carbons (Fsp3) is 0.364. The number of nitrogens with two attached hydrogens (primary N) is 1. The van der Waals surface area contributed by atoms with Crippen LogP contribution >= 0.6 is 27.3 Å². The van der Waals surface area contributed by atoms with Gasteiger partial charge in [-0.15, -0.1) is 11.3 Å². The molecule has 1 amide bonds. The molecular formula is C11H13BrN2OS. The van der Waals surface area contributed by atoms with Crippen LogP contribution in [0.15, 0.2) is 28.1 Å². The molecule has 1 aromatic rings. The van der Waals surface area contributed by atoms with Crippen LogP contribution in [0.2, 0.25) is 0 Å². The molecule has 86 valence electrons. The van der Waals surface area contributed by atoms with Crippen molar-refractivity contribution in [2.24, 2.45) is 11.7 Å². The third-order valence-corrected chi connectivity index (χ3v) is 4.49. The molecule has 3 nitrogen and oxygen atoms in total. The summed E-state index contributed by atoms with van der Waals surface area (Å²) in [5, 5.41) is 4.92. The summed E-state index contributed by atoms with van der Waals surface area (Å²) in [7, 11) is 0. The number of carbonyl (C=O) groups is 1. The summed E-state index contributed by atoms with van der Waals surface area (Å²) in [4.78, 5) is 12.9. The first-order valence-electron chi connectivity index (χ1n) is 5.10. The molecule has 1 aliphatic carbocycles. The Balaban J connectivity index is 1.85. The third kappa shape index (κ3) is 2.72. The Morgan fingerprint density at radius 3 is 3.00 bits per heavy atom. The van der Waals surface area contributed by atoms with Crippen LogP contribution in [0.4, 0.5) is 0 Å². The summed E-state index contributed by atoms with van der Waals surface area (Å²) in [5.74, 6) is -0.00163. The van der Waals surface area contributed by atoms with Crippen molar-refractivity contribution in [3.05, 3.63) is 32.9 Å². The molecule has 2 atom stereocenters. The third-order valence-electron chi connectivity index (χ3n) is 2.57.